The summed E-state index contributed by atoms with van der Waals surface area (Å²) in [4.78, 5) is 11.7. The Hall–Kier alpha value is -2.63. The second-order valence-corrected chi connectivity index (χ2v) is 3.81. The number of benzene rings is 1. The Balaban J connectivity index is 1.96. The standard InChI is InChI=1S/C13H14N4O2/c1-17-12(7-8-15-17)13(18)16-14-9-10-3-5-11(19-2)6-4-10/h3-9H,1-2H3,(H,16,18)/b14-9+. The minimum absolute atomic E-state index is 0.301. The number of hydrogen-bond donors (Lipinski definition) is 1. The molecule has 2 rings (SSSR count). The number of hydrazone groups is 1. The summed E-state index contributed by atoms with van der Waals surface area (Å²) in [6.07, 6.45) is 3.12. The molecule has 2 aromatic rings. The summed E-state index contributed by atoms with van der Waals surface area (Å²) in [6, 6.07) is 8.96. The molecule has 0 atom stereocenters. The first-order chi connectivity index (χ1) is 9.20. The van der Waals surface area contributed by atoms with Crippen LogP contribution in [0.2, 0.25) is 0 Å². The molecule has 0 spiro atoms. The fourth-order valence-electron chi connectivity index (χ4n) is 1.51. The van der Waals surface area contributed by atoms with Gasteiger partial charge in [0.2, 0.25) is 0 Å². The zero-order chi connectivity index (χ0) is 13.7. The molecule has 0 aliphatic heterocycles. The van der Waals surface area contributed by atoms with Crippen LogP contribution in [0, 0.1) is 0 Å². The van der Waals surface area contributed by atoms with Crippen molar-refractivity contribution in [2.24, 2.45) is 12.1 Å². The molecule has 0 bridgehead atoms. The third-order valence-electron chi connectivity index (χ3n) is 2.55. The number of aryl methyl sites for hydroxylation is 1. The molecule has 0 radical (unpaired) electrons. The molecular weight excluding hydrogens is 244 g/mol. The molecule has 19 heavy (non-hydrogen) atoms. The van der Waals surface area contributed by atoms with Gasteiger partial charge in [-0.2, -0.15) is 10.2 Å². The Morgan fingerprint density at radius 1 is 1.37 bits per heavy atom. The first-order valence-corrected chi connectivity index (χ1v) is 5.66. The van der Waals surface area contributed by atoms with E-state index in [1.54, 1.807) is 32.6 Å². The van der Waals surface area contributed by atoms with E-state index in [-0.39, 0.29) is 5.91 Å². The fraction of sp³-hybridized carbons (Fsp3) is 0.154. The summed E-state index contributed by atoms with van der Waals surface area (Å²) >= 11 is 0. The van der Waals surface area contributed by atoms with Crippen LogP contribution in [0.1, 0.15) is 16.1 Å². The summed E-state index contributed by atoms with van der Waals surface area (Å²) in [5.41, 5.74) is 3.76. The van der Waals surface area contributed by atoms with Crippen molar-refractivity contribution in [1.82, 2.24) is 15.2 Å². The van der Waals surface area contributed by atoms with Gasteiger partial charge in [0.25, 0.3) is 5.91 Å². The van der Waals surface area contributed by atoms with Crippen LogP contribution < -0.4 is 10.2 Å². The van der Waals surface area contributed by atoms with E-state index >= 15 is 0 Å². The number of rotatable bonds is 4. The van der Waals surface area contributed by atoms with Gasteiger partial charge in [-0.05, 0) is 35.9 Å². The largest absolute Gasteiger partial charge is 0.497 e. The number of ether oxygens (including phenoxy) is 1. The monoisotopic (exact) mass is 258 g/mol. The molecule has 1 aromatic heterocycles. The molecule has 0 aliphatic rings. The van der Waals surface area contributed by atoms with Crippen molar-refractivity contribution in [3.63, 3.8) is 0 Å². The second-order valence-electron chi connectivity index (χ2n) is 3.81. The maximum Gasteiger partial charge on any atom is 0.289 e. The SMILES string of the molecule is COc1ccc(/C=N/NC(=O)c2ccnn2C)cc1. The third kappa shape index (κ3) is 3.19. The molecule has 0 aliphatic carbocycles. The normalized spacial score (nSPS) is 10.6. The molecule has 1 aromatic carbocycles. The van der Waals surface area contributed by atoms with Crippen molar-refractivity contribution in [3.8, 4) is 5.75 Å². The van der Waals surface area contributed by atoms with Crippen LogP contribution in [0.5, 0.6) is 5.75 Å². The predicted octanol–water partition coefficient (Wildman–Crippen LogP) is 1.19. The van der Waals surface area contributed by atoms with Crippen molar-refractivity contribution < 1.29 is 9.53 Å². The van der Waals surface area contributed by atoms with Crippen LogP contribution in [0.4, 0.5) is 0 Å². The average Bonchev–Trinajstić information content (AvgIpc) is 2.86. The number of amides is 1. The maximum atomic E-state index is 11.7. The third-order valence-corrected chi connectivity index (χ3v) is 2.55. The van der Waals surface area contributed by atoms with E-state index in [1.165, 1.54) is 4.68 Å². The van der Waals surface area contributed by atoms with Gasteiger partial charge in [0.05, 0.1) is 13.3 Å². The summed E-state index contributed by atoms with van der Waals surface area (Å²) in [7, 11) is 3.30. The average molecular weight is 258 g/mol. The van der Waals surface area contributed by atoms with E-state index < -0.39 is 0 Å². The number of carbonyl (C=O) groups excluding carboxylic acids is 1. The number of nitrogens with zero attached hydrogens (tertiary/aromatic N) is 3. The first kappa shape index (κ1) is 12.8. The summed E-state index contributed by atoms with van der Waals surface area (Å²) in [5, 5.41) is 7.80. The molecule has 1 amide bonds. The molecule has 1 heterocycles. The van der Waals surface area contributed by atoms with E-state index in [2.05, 4.69) is 15.6 Å². The fourth-order valence-corrected chi connectivity index (χ4v) is 1.51. The van der Waals surface area contributed by atoms with Crippen molar-refractivity contribution in [2.45, 2.75) is 0 Å². The first-order valence-electron chi connectivity index (χ1n) is 5.66. The molecule has 0 fully saturated rings. The Labute approximate surface area is 110 Å². The van der Waals surface area contributed by atoms with Crippen LogP contribution in [0.25, 0.3) is 0 Å². The summed E-state index contributed by atoms with van der Waals surface area (Å²) in [5.74, 6) is 0.473. The Morgan fingerprint density at radius 3 is 2.68 bits per heavy atom. The van der Waals surface area contributed by atoms with Gasteiger partial charge >= 0.3 is 0 Å². The van der Waals surface area contributed by atoms with E-state index in [1.807, 2.05) is 24.3 Å². The molecule has 0 saturated carbocycles. The number of methoxy groups -OCH3 is 1. The van der Waals surface area contributed by atoms with Gasteiger partial charge in [-0.3, -0.25) is 9.48 Å². The molecule has 0 saturated heterocycles. The zero-order valence-corrected chi connectivity index (χ0v) is 10.7. The number of nitrogens with one attached hydrogen (secondary N) is 1. The highest BCUT2D eigenvalue weighted by molar-refractivity contribution is 5.93. The molecule has 6 nitrogen and oxygen atoms in total. The van der Waals surface area contributed by atoms with E-state index in [0.717, 1.165) is 11.3 Å². The summed E-state index contributed by atoms with van der Waals surface area (Å²) < 4.78 is 6.53. The predicted molar refractivity (Wildman–Crippen MR) is 71.3 cm³/mol. The lowest BCUT2D eigenvalue weighted by atomic mass is 10.2. The van der Waals surface area contributed by atoms with E-state index in [4.69, 9.17) is 4.74 Å². The molecule has 6 heteroatoms. The molecule has 0 unspecified atom stereocenters. The number of hydrogen-bond acceptors (Lipinski definition) is 4. The van der Waals surface area contributed by atoms with Gasteiger partial charge < -0.3 is 4.74 Å². The maximum absolute atomic E-state index is 11.7. The Kier molecular flexibility index (Phi) is 3.92. The zero-order valence-electron chi connectivity index (χ0n) is 10.7. The summed E-state index contributed by atoms with van der Waals surface area (Å²) in [6.45, 7) is 0. The van der Waals surface area contributed by atoms with Gasteiger partial charge in [-0.25, -0.2) is 5.43 Å². The number of aromatic nitrogens is 2. The highest BCUT2D eigenvalue weighted by Crippen LogP contribution is 2.09. The molecule has 1 N–H and O–H groups in total. The van der Waals surface area contributed by atoms with Crippen molar-refractivity contribution in [1.29, 1.82) is 0 Å². The van der Waals surface area contributed by atoms with E-state index in [0.29, 0.717) is 5.69 Å². The van der Waals surface area contributed by atoms with Gasteiger partial charge in [0.15, 0.2) is 0 Å². The lowest BCUT2D eigenvalue weighted by Crippen LogP contribution is -2.20. The van der Waals surface area contributed by atoms with Crippen molar-refractivity contribution in [2.75, 3.05) is 7.11 Å². The van der Waals surface area contributed by atoms with Gasteiger partial charge in [-0.15, -0.1) is 0 Å². The van der Waals surface area contributed by atoms with E-state index in [9.17, 15) is 4.79 Å². The molecule has 98 valence electrons. The van der Waals surface area contributed by atoms with Crippen LogP contribution in [0.15, 0.2) is 41.6 Å². The second kappa shape index (κ2) is 5.81. The minimum atomic E-state index is -0.301. The highest BCUT2D eigenvalue weighted by Gasteiger charge is 2.07. The molecular formula is C13H14N4O2. The Morgan fingerprint density at radius 2 is 2.11 bits per heavy atom. The highest BCUT2D eigenvalue weighted by atomic mass is 16.5. The van der Waals surface area contributed by atoms with Crippen molar-refractivity contribution in [3.05, 3.63) is 47.8 Å². The van der Waals surface area contributed by atoms with Gasteiger partial charge in [0.1, 0.15) is 11.4 Å². The van der Waals surface area contributed by atoms with Crippen LogP contribution >= 0.6 is 0 Å². The van der Waals surface area contributed by atoms with Crippen LogP contribution in [-0.2, 0) is 7.05 Å². The van der Waals surface area contributed by atoms with Crippen molar-refractivity contribution >= 4 is 12.1 Å². The number of carbonyl (C=O) groups is 1. The topological polar surface area (TPSA) is 68.5 Å². The van der Waals surface area contributed by atoms with Crippen LogP contribution in [-0.4, -0.2) is 29.0 Å². The smallest absolute Gasteiger partial charge is 0.289 e. The van der Waals surface area contributed by atoms with Gasteiger partial charge in [0, 0.05) is 13.2 Å². The Bertz CT molecular complexity index is 587. The van der Waals surface area contributed by atoms with Gasteiger partial charge in [-0.1, -0.05) is 0 Å². The quantitative estimate of drug-likeness (QED) is 0.661. The lowest BCUT2D eigenvalue weighted by molar-refractivity contribution is 0.0945. The van der Waals surface area contributed by atoms with Crippen LogP contribution in [0.3, 0.4) is 0 Å². The lowest BCUT2D eigenvalue weighted by Gasteiger charge is -2.00. The minimum Gasteiger partial charge on any atom is -0.497 e.